The number of anilines is 1. The van der Waals surface area contributed by atoms with Crippen molar-refractivity contribution in [2.75, 3.05) is 18.6 Å². The standard InChI is InChI=1S/C26H25N3O2/c1-18-7-3-4-8-19(18)16-29-24-10-6-5-9-23(24)27-26(29)20-15-25(30)28(17-20)21-11-13-22(31-2)14-12-21/h3-14,20H,15-17H2,1-2H3/t20-/m0/s1. The van der Waals surface area contributed by atoms with E-state index in [9.17, 15) is 4.79 Å². The number of fused-ring (bicyclic) bond motifs is 1. The van der Waals surface area contributed by atoms with Gasteiger partial charge in [0.15, 0.2) is 0 Å². The predicted molar refractivity (Wildman–Crippen MR) is 123 cm³/mol. The number of hydrogen-bond donors (Lipinski definition) is 0. The van der Waals surface area contributed by atoms with Gasteiger partial charge in [-0.2, -0.15) is 0 Å². The number of methoxy groups -OCH3 is 1. The van der Waals surface area contributed by atoms with Gasteiger partial charge < -0.3 is 14.2 Å². The third kappa shape index (κ3) is 3.56. The molecule has 1 aliphatic rings. The summed E-state index contributed by atoms with van der Waals surface area (Å²) in [7, 11) is 1.64. The van der Waals surface area contributed by atoms with Crippen LogP contribution in [0.15, 0.2) is 72.8 Å². The number of carbonyl (C=O) groups is 1. The second-order valence-electron chi connectivity index (χ2n) is 8.07. The lowest BCUT2D eigenvalue weighted by molar-refractivity contribution is -0.117. The van der Waals surface area contributed by atoms with Crippen molar-refractivity contribution in [3.63, 3.8) is 0 Å². The average Bonchev–Trinajstić information content (AvgIpc) is 3.36. The molecule has 1 atom stereocenters. The van der Waals surface area contributed by atoms with Gasteiger partial charge in [0.2, 0.25) is 5.91 Å². The molecule has 156 valence electrons. The van der Waals surface area contributed by atoms with Gasteiger partial charge in [0.25, 0.3) is 0 Å². The van der Waals surface area contributed by atoms with Crippen LogP contribution in [0.4, 0.5) is 5.69 Å². The van der Waals surface area contributed by atoms with Gasteiger partial charge in [-0.05, 0) is 54.4 Å². The van der Waals surface area contributed by atoms with Crippen LogP contribution >= 0.6 is 0 Å². The minimum Gasteiger partial charge on any atom is -0.497 e. The molecule has 5 heteroatoms. The maximum atomic E-state index is 12.9. The van der Waals surface area contributed by atoms with E-state index in [1.807, 2.05) is 47.4 Å². The second-order valence-corrected chi connectivity index (χ2v) is 8.07. The molecule has 1 aliphatic heterocycles. The van der Waals surface area contributed by atoms with E-state index < -0.39 is 0 Å². The van der Waals surface area contributed by atoms with Gasteiger partial charge in [-0.1, -0.05) is 36.4 Å². The van der Waals surface area contributed by atoms with Gasteiger partial charge in [-0.3, -0.25) is 4.79 Å². The molecule has 0 bridgehead atoms. The van der Waals surface area contributed by atoms with Gasteiger partial charge in [0.1, 0.15) is 11.6 Å². The van der Waals surface area contributed by atoms with Crippen molar-refractivity contribution in [3.8, 4) is 5.75 Å². The summed E-state index contributed by atoms with van der Waals surface area (Å²) in [6, 6.07) is 24.3. The number of carbonyl (C=O) groups excluding carboxylic acids is 1. The monoisotopic (exact) mass is 411 g/mol. The second kappa shape index (κ2) is 7.91. The van der Waals surface area contributed by atoms with Crippen LogP contribution in [0.2, 0.25) is 0 Å². The number of para-hydroxylation sites is 2. The number of rotatable bonds is 5. The minimum absolute atomic E-state index is 0.0472. The highest BCUT2D eigenvalue weighted by Crippen LogP contribution is 2.34. The Morgan fingerprint density at radius 3 is 2.52 bits per heavy atom. The molecule has 2 heterocycles. The number of ether oxygens (including phenoxy) is 1. The summed E-state index contributed by atoms with van der Waals surface area (Å²) in [5.41, 5.74) is 5.50. The zero-order valence-electron chi connectivity index (χ0n) is 17.8. The first-order valence-corrected chi connectivity index (χ1v) is 10.6. The Labute approximate surface area is 181 Å². The fourth-order valence-electron chi connectivity index (χ4n) is 4.42. The van der Waals surface area contributed by atoms with Gasteiger partial charge in [-0.15, -0.1) is 0 Å². The van der Waals surface area contributed by atoms with Crippen LogP contribution in [0.1, 0.15) is 29.3 Å². The summed E-state index contributed by atoms with van der Waals surface area (Å²) in [4.78, 5) is 19.7. The lowest BCUT2D eigenvalue weighted by Gasteiger charge is -2.18. The molecule has 0 saturated carbocycles. The molecule has 3 aromatic carbocycles. The van der Waals surface area contributed by atoms with Crippen molar-refractivity contribution in [1.29, 1.82) is 0 Å². The van der Waals surface area contributed by atoms with Crippen molar-refractivity contribution < 1.29 is 9.53 Å². The predicted octanol–water partition coefficient (Wildman–Crippen LogP) is 4.92. The SMILES string of the molecule is COc1ccc(N2C[C@@H](c3nc4ccccc4n3Cc3ccccc3C)CC2=O)cc1. The van der Waals surface area contributed by atoms with Crippen LogP contribution in [0.5, 0.6) is 5.75 Å². The number of aromatic nitrogens is 2. The molecule has 0 spiro atoms. The Hall–Kier alpha value is -3.60. The lowest BCUT2D eigenvalue weighted by Crippen LogP contribution is -2.24. The van der Waals surface area contributed by atoms with Crippen LogP contribution in [-0.4, -0.2) is 29.1 Å². The molecule has 4 aromatic rings. The Kier molecular flexibility index (Phi) is 4.94. The maximum absolute atomic E-state index is 12.9. The van der Waals surface area contributed by atoms with Gasteiger partial charge in [0.05, 0.1) is 18.1 Å². The summed E-state index contributed by atoms with van der Waals surface area (Å²) in [5.74, 6) is 1.94. The smallest absolute Gasteiger partial charge is 0.227 e. The molecule has 5 nitrogen and oxygen atoms in total. The number of amides is 1. The molecule has 5 rings (SSSR count). The Bertz CT molecular complexity index is 1240. The zero-order valence-corrected chi connectivity index (χ0v) is 17.8. The molecule has 0 radical (unpaired) electrons. The molecule has 0 unspecified atom stereocenters. The molecule has 31 heavy (non-hydrogen) atoms. The highest BCUT2D eigenvalue weighted by Gasteiger charge is 2.34. The van der Waals surface area contributed by atoms with Crippen molar-refractivity contribution in [2.24, 2.45) is 0 Å². The summed E-state index contributed by atoms with van der Waals surface area (Å²) >= 11 is 0. The van der Waals surface area contributed by atoms with Crippen LogP contribution in [-0.2, 0) is 11.3 Å². The lowest BCUT2D eigenvalue weighted by atomic mass is 10.1. The van der Waals surface area contributed by atoms with Crippen molar-refractivity contribution in [2.45, 2.75) is 25.8 Å². The quantitative estimate of drug-likeness (QED) is 0.468. The molecule has 0 aliphatic carbocycles. The molecule has 1 aromatic heterocycles. The van der Waals surface area contributed by atoms with E-state index in [1.165, 1.54) is 11.1 Å². The normalized spacial score (nSPS) is 16.3. The molecule has 1 amide bonds. The molecule has 1 fully saturated rings. The fraction of sp³-hybridized carbons (Fsp3) is 0.231. The Balaban J connectivity index is 1.51. The van der Waals surface area contributed by atoms with Crippen molar-refractivity contribution in [3.05, 3.63) is 89.7 Å². The minimum atomic E-state index is 0.0472. The highest BCUT2D eigenvalue weighted by molar-refractivity contribution is 5.96. The third-order valence-electron chi connectivity index (χ3n) is 6.15. The number of imidazole rings is 1. The van der Waals surface area contributed by atoms with Crippen LogP contribution in [0.25, 0.3) is 11.0 Å². The number of hydrogen-bond acceptors (Lipinski definition) is 3. The fourth-order valence-corrected chi connectivity index (χ4v) is 4.42. The van der Waals surface area contributed by atoms with Crippen molar-refractivity contribution in [1.82, 2.24) is 9.55 Å². The first-order valence-electron chi connectivity index (χ1n) is 10.6. The largest absolute Gasteiger partial charge is 0.497 e. The van der Waals surface area contributed by atoms with E-state index in [0.29, 0.717) is 13.0 Å². The molecular formula is C26H25N3O2. The molecule has 0 N–H and O–H groups in total. The van der Waals surface area contributed by atoms with E-state index in [2.05, 4.69) is 41.8 Å². The zero-order chi connectivity index (χ0) is 21.4. The van der Waals surface area contributed by atoms with E-state index in [0.717, 1.165) is 34.8 Å². The third-order valence-corrected chi connectivity index (χ3v) is 6.15. The first-order chi connectivity index (χ1) is 15.1. The Morgan fingerprint density at radius 1 is 1.00 bits per heavy atom. The molecule has 1 saturated heterocycles. The summed E-state index contributed by atoms with van der Waals surface area (Å²) < 4.78 is 7.53. The van der Waals surface area contributed by atoms with Gasteiger partial charge in [-0.25, -0.2) is 4.98 Å². The number of nitrogens with zero attached hydrogens (tertiary/aromatic N) is 3. The Morgan fingerprint density at radius 2 is 1.74 bits per heavy atom. The topological polar surface area (TPSA) is 47.4 Å². The summed E-state index contributed by atoms with van der Waals surface area (Å²) in [5, 5.41) is 0. The van der Waals surface area contributed by atoms with E-state index in [4.69, 9.17) is 9.72 Å². The van der Waals surface area contributed by atoms with E-state index >= 15 is 0 Å². The van der Waals surface area contributed by atoms with Crippen LogP contribution in [0, 0.1) is 6.92 Å². The van der Waals surface area contributed by atoms with Crippen LogP contribution in [0.3, 0.4) is 0 Å². The number of benzene rings is 3. The summed E-state index contributed by atoms with van der Waals surface area (Å²) in [6.07, 6.45) is 0.461. The van der Waals surface area contributed by atoms with Gasteiger partial charge >= 0.3 is 0 Å². The molecular weight excluding hydrogens is 386 g/mol. The van der Waals surface area contributed by atoms with E-state index in [-0.39, 0.29) is 11.8 Å². The maximum Gasteiger partial charge on any atom is 0.227 e. The summed E-state index contributed by atoms with van der Waals surface area (Å²) in [6.45, 7) is 3.51. The van der Waals surface area contributed by atoms with Crippen molar-refractivity contribution >= 4 is 22.6 Å². The number of aryl methyl sites for hydroxylation is 1. The average molecular weight is 412 g/mol. The first kappa shape index (κ1) is 19.4. The van der Waals surface area contributed by atoms with Gasteiger partial charge in [0, 0.05) is 31.1 Å². The van der Waals surface area contributed by atoms with Crippen LogP contribution < -0.4 is 9.64 Å². The highest BCUT2D eigenvalue weighted by atomic mass is 16.5. The van der Waals surface area contributed by atoms with E-state index in [1.54, 1.807) is 7.11 Å².